The smallest absolute Gasteiger partial charge is 0.344 e. The molecule has 8 heteroatoms. The largest absolute Gasteiger partial charge is 0.481 e. The van der Waals surface area contributed by atoms with Crippen molar-refractivity contribution in [2.75, 3.05) is 19.0 Å². The number of nitrogens with zero attached hydrogens (tertiary/aromatic N) is 1. The molecule has 1 aliphatic heterocycles. The molecule has 1 atom stereocenters. The van der Waals surface area contributed by atoms with Gasteiger partial charge in [-0.2, -0.15) is 0 Å². The highest BCUT2D eigenvalue weighted by atomic mass is 32.2. The van der Waals surface area contributed by atoms with Crippen molar-refractivity contribution < 1.29 is 23.9 Å². The quantitative estimate of drug-likeness (QED) is 0.569. The van der Waals surface area contributed by atoms with Crippen LogP contribution in [0.5, 0.6) is 5.75 Å². The van der Waals surface area contributed by atoms with Gasteiger partial charge in [-0.15, -0.1) is 11.8 Å². The van der Waals surface area contributed by atoms with E-state index in [1.54, 1.807) is 19.1 Å². The first-order valence-electron chi connectivity index (χ1n) is 9.92. The van der Waals surface area contributed by atoms with Gasteiger partial charge in [0.2, 0.25) is 5.91 Å². The van der Waals surface area contributed by atoms with Crippen LogP contribution in [-0.4, -0.2) is 41.2 Å². The van der Waals surface area contributed by atoms with E-state index in [1.807, 2.05) is 41.0 Å². The van der Waals surface area contributed by atoms with Gasteiger partial charge in [-0.1, -0.05) is 36.4 Å². The number of hydrogen-bond donors (Lipinski definition) is 1. The molecule has 0 fully saturated rings. The van der Waals surface area contributed by atoms with E-state index in [0.717, 1.165) is 11.1 Å². The fourth-order valence-electron chi connectivity index (χ4n) is 3.88. The number of fused-ring (bicyclic) bond motifs is 3. The summed E-state index contributed by atoms with van der Waals surface area (Å²) < 4.78 is 12.6. The van der Waals surface area contributed by atoms with Crippen LogP contribution >= 0.6 is 11.8 Å². The molecule has 1 aliphatic rings. The van der Waals surface area contributed by atoms with E-state index in [2.05, 4.69) is 0 Å². The molecule has 0 saturated heterocycles. The molecule has 0 bridgehead atoms. The van der Waals surface area contributed by atoms with E-state index in [4.69, 9.17) is 15.2 Å². The maximum atomic E-state index is 13.0. The summed E-state index contributed by atoms with van der Waals surface area (Å²) in [7, 11) is 0. The molecule has 7 nitrogen and oxygen atoms in total. The third-order valence-corrected chi connectivity index (χ3v) is 6.32. The summed E-state index contributed by atoms with van der Waals surface area (Å²) in [4.78, 5) is 37.1. The van der Waals surface area contributed by atoms with Crippen molar-refractivity contribution in [3.8, 4) is 5.75 Å². The van der Waals surface area contributed by atoms with Crippen molar-refractivity contribution in [3.63, 3.8) is 0 Å². The Labute approximate surface area is 183 Å². The number of thioether (sulfide) groups is 1. The zero-order valence-corrected chi connectivity index (χ0v) is 17.8. The monoisotopic (exact) mass is 438 g/mol. The van der Waals surface area contributed by atoms with Crippen molar-refractivity contribution in [3.05, 3.63) is 65.4 Å². The van der Waals surface area contributed by atoms with Gasteiger partial charge in [0.15, 0.2) is 12.4 Å². The van der Waals surface area contributed by atoms with Gasteiger partial charge in [-0.3, -0.25) is 9.59 Å². The minimum atomic E-state index is -0.681. The van der Waals surface area contributed by atoms with Gasteiger partial charge in [-0.05, 0) is 24.6 Å². The Hall–Kier alpha value is -3.26. The number of rotatable bonds is 7. The summed E-state index contributed by atoms with van der Waals surface area (Å²) >= 11 is 1.21. The highest BCUT2D eigenvalue weighted by Gasteiger charge is 2.37. The van der Waals surface area contributed by atoms with Gasteiger partial charge in [0.25, 0.3) is 0 Å². The number of amides is 1. The second-order valence-electron chi connectivity index (χ2n) is 7.09. The average molecular weight is 439 g/mol. The number of ketones is 1. The first kappa shape index (κ1) is 21.0. The van der Waals surface area contributed by atoms with E-state index in [0.29, 0.717) is 28.9 Å². The summed E-state index contributed by atoms with van der Waals surface area (Å²) in [6.07, 6.45) is 0. The lowest BCUT2D eigenvalue weighted by atomic mass is 10.0. The third-order valence-electron chi connectivity index (χ3n) is 5.09. The van der Waals surface area contributed by atoms with Gasteiger partial charge < -0.3 is 19.8 Å². The minimum absolute atomic E-state index is 0.0685. The molecule has 31 heavy (non-hydrogen) atoms. The highest BCUT2D eigenvalue weighted by molar-refractivity contribution is 8.01. The lowest BCUT2D eigenvalue weighted by Gasteiger charge is -2.21. The van der Waals surface area contributed by atoms with Crippen LogP contribution in [0.2, 0.25) is 0 Å². The SMILES string of the molecule is CCOC(=O)COc1cccc2c1c1c(n2Cc2ccccc2)C(=O)CSC1C(N)=O. The Balaban J connectivity index is 1.90. The van der Waals surface area contributed by atoms with Crippen molar-refractivity contribution in [1.29, 1.82) is 0 Å². The average Bonchev–Trinajstić information content (AvgIpc) is 3.09. The second-order valence-corrected chi connectivity index (χ2v) is 8.19. The third kappa shape index (κ3) is 4.03. The van der Waals surface area contributed by atoms with E-state index in [-0.39, 0.29) is 24.7 Å². The molecule has 2 heterocycles. The van der Waals surface area contributed by atoms with Crippen LogP contribution in [0.25, 0.3) is 10.9 Å². The maximum Gasteiger partial charge on any atom is 0.344 e. The van der Waals surface area contributed by atoms with Gasteiger partial charge in [-0.25, -0.2) is 4.79 Å². The molecular formula is C23H22N2O5S. The number of aromatic nitrogens is 1. The van der Waals surface area contributed by atoms with Crippen LogP contribution in [0.15, 0.2) is 48.5 Å². The van der Waals surface area contributed by atoms with Gasteiger partial charge in [0, 0.05) is 17.5 Å². The molecule has 1 aromatic heterocycles. The molecule has 0 radical (unpaired) electrons. The molecule has 160 valence electrons. The van der Waals surface area contributed by atoms with Crippen molar-refractivity contribution in [1.82, 2.24) is 4.57 Å². The lowest BCUT2D eigenvalue weighted by Crippen LogP contribution is -2.27. The fraction of sp³-hybridized carbons (Fsp3) is 0.261. The van der Waals surface area contributed by atoms with Crippen molar-refractivity contribution in [2.45, 2.75) is 18.7 Å². The maximum absolute atomic E-state index is 13.0. The molecule has 0 aliphatic carbocycles. The molecule has 0 saturated carbocycles. The molecule has 1 amide bonds. The predicted molar refractivity (Wildman–Crippen MR) is 118 cm³/mol. The summed E-state index contributed by atoms with van der Waals surface area (Å²) in [5.74, 6) is -0.493. The van der Waals surface area contributed by atoms with Crippen molar-refractivity contribution in [2.24, 2.45) is 5.73 Å². The van der Waals surface area contributed by atoms with Crippen LogP contribution < -0.4 is 10.5 Å². The number of ether oxygens (including phenoxy) is 2. The zero-order chi connectivity index (χ0) is 22.0. The summed E-state index contributed by atoms with van der Waals surface area (Å²) in [6.45, 7) is 2.16. The number of Topliss-reactive ketones (excluding diaryl/α,β-unsaturated/α-hetero) is 1. The first-order chi connectivity index (χ1) is 15.0. The van der Waals surface area contributed by atoms with E-state index in [1.165, 1.54) is 11.8 Å². The van der Waals surface area contributed by atoms with E-state index >= 15 is 0 Å². The highest BCUT2D eigenvalue weighted by Crippen LogP contribution is 2.45. The predicted octanol–water partition coefficient (Wildman–Crippen LogP) is 3.09. The second kappa shape index (κ2) is 8.85. The van der Waals surface area contributed by atoms with Crippen molar-refractivity contribution >= 4 is 40.3 Å². The standard InChI is InChI=1S/C23H22N2O5S/c1-2-29-18(27)12-30-17-10-6-9-15-19(17)20-21(16(26)13-31-22(20)23(24)28)25(15)11-14-7-4-3-5-8-14/h3-10,22H,2,11-13H2,1H3,(H2,24,28). The number of primary amides is 1. The molecule has 3 aromatic rings. The fourth-order valence-corrected chi connectivity index (χ4v) is 4.90. The van der Waals surface area contributed by atoms with Crippen LogP contribution in [0.1, 0.15) is 33.8 Å². The first-order valence-corrected chi connectivity index (χ1v) is 11.0. The van der Waals surface area contributed by atoms with Gasteiger partial charge in [0.1, 0.15) is 11.0 Å². The Morgan fingerprint density at radius 3 is 2.65 bits per heavy atom. The van der Waals surface area contributed by atoms with E-state index in [9.17, 15) is 14.4 Å². The summed E-state index contributed by atoms with van der Waals surface area (Å²) in [6, 6.07) is 15.2. The normalized spacial score (nSPS) is 15.5. The van der Waals surface area contributed by atoms with E-state index < -0.39 is 17.1 Å². The van der Waals surface area contributed by atoms with Crippen LogP contribution in [-0.2, 0) is 20.9 Å². The van der Waals surface area contributed by atoms with Gasteiger partial charge >= 0.3 is 5.97 Å². The van der Waals surface area contributed by atoms with Crippen LogP contribution in [0.4, 0.5) is 0 Å². The zero-order valence-electron chi connectivity index (χ0n) is 17.0. The Morgan fingerprint density at radius 1 is 1.16 bits per heavy atom. The summed E-state index contributed by atoms with van der Waals surface area (Å²) in [5, 5.41) is -0.0540. The number of carbonyl (C=O) groups is 3. The molecule has 0 spiro atoms. The number of hydrogen-bond acceptors (Lipinski definition) is 6. The molecule has 2 N–H and O–H groups in total. The Morgan fingerprint density at radius 2 is 1.94 bits per heavy atom. The number of benzene rings is 2. The molecular weight excluding hydrogens is 416 g/mol. The van der Waals surface area contributed by atoms with Gasteiger partial charge in [0.05, 0.1) is 23.6 Å². The molecule has 2 aromatic carbocycles. The van der Waals surface area contributed by atoms with Crippen LogP contribution in [0, 0.1) is 0 Å². The van der Waals surface area contributed by atoms with Crippen LogP contribution in [0.3, 0.4) is 0 Å². The number of esters is 1. The molecule has 1 unspecified atom stereocenters. The Kier molecular flexibility index (Phi) is 5.99. The summed E-state index contributed by atoms with van der Waals surface area (Å²) in [5.41, 5.74) is 8.48. The topological polar surface area (TPSA) is 101 Å². The minimum Gasteiger partial charge on any atom is -0.481 e. The lowest BCUT2D eigenvalue weighted by molar-refractivity contribution is -0.145. The molecule has 4 rings (SSSR count). The Bertz CT molecular complexity index is 1160. The number of nitrogens with two attached hydrogens (primary N) is 1. The number of carbonyl (C=O) groups excluding carboxylic acids is 3.